The van der Waals surface area contributed by atoms with Crippen LogP contribution in [-0.4, -0.2) is 19.9 Å². The fraction of sp³-hybridized carbons (Fsp3) is 0. The third-order valence-electron chi connectivity index (χ3n) is 10.2. The Hall–Kier alpha value is -6.60. The van der Waals surface area contributed by atoms with Crippen molar-refractivity contribution in [3.05, 3.63) is 170 Å². The molecule has 0 atom stereocenters. The summed E-state index contributed by atoms with van der Waals surface area (Å²) in [6, 6.07) is 59.6. The second-order valence-electron chi connectivity index (χ2n) is 13.4. The molecule has 54 heavy (non-hydrogen) atoms. The van der Waals surface area contributed by atoms with Crippen molar-refractivity contribution >= 4 is 73.9 Å². The van der Waals surface area contributed by atoms with Crippen LogP contribution in [0.25, 0.3) is 108 Å². The summed E-state index contributed by atoms with van der Waals surface area (Å²) in [6.45, 7) is 0. The monoisotopic (exact) mass is 724 g/mol. The van der Waals surface area contributed by atoms with Crippen molar-refractivity contribution in [1.29, 1.82) is 0 Å². The van der Waals surface area contributed by atoms with Crippen LogP contribution < -0.4 is 0 Å². The van der Waals surface area contributed by atoms with Crippen LogP contribution in [0.4, 0.5) is 0 Å². The summed E-state index contributed by atoms with van der Waals surface area (Å²) in [5.74, 6) is 1.92. The molecule has 252 valence electrons. The maximum absolute atomic E-state index is 5.28. The van der Waals surface area contributed by atoms with Gasteiger partial charge in [-0.3, -0.25) is 0 Å². The van der Waals surface area contributed by atoms with E-state index in [4.69, 9.17) is 19.9 Å². The van der Waals surface area contributed by atoms with E-state index in [2.05, 4.69) is 164 Å². The molecule has 0 spiro atoms. The Morgan fingerprint density at radius 3 is 1.72 bits per heavy atom. The van der Waals surface area contributed by atoms with Crippen LogP contribution in [0, 0.1) is 0 Å². The van der Waals surface area contributed by atoms with Crippen LogP contribution in [-0.2, 0) is 0 Å². The number of fused-ring (bicyclic) bond motifs is 8. The second kappa shape index (κ2) is 12.5. The zero-order valence-electron chi connectivity index (χ0n) is 28.8. The molecular weight excluding hydrogens is 697 g/mol. The maximum Gasteiger partial charge on any atom is 0.165 e. The third kappa shape index (κ3) is 5.11. The van der Waals surface area contributed by atoms with Crippen LogP contribution >= 0.6 is 22.7 Å². The number of pyridine rings is 1. The van der Waals surface area contributed by atoms with Gasteiger partial charge in [0, 0.05) is 63.3 Å². The Labute approximate surface area is 318 Å². The summed E-state index contributed by atoms with van der Waals surface area (Å²) in [5, 5.41) is 7.30. The lowest BCUT2D eigenvalue weighted by molar-refractivity contribution is 1.08. The van der Waals surface area contributed by atoms with Gasteiger partial charge in [0.1, 0.15) is 4.83 Å². The van der Waals surface area contributed by atoms with Gasteiger partial charge in [-0.2, -0.15) is 0 Å². The number of benzene rings is 7. The summed E-state index contributed by atoms with van der Waals surface area (Å²) in [6.07, 6.45) is 0. The summed E-state index contributed by atoms with van der Waals surface area (Å²) in [5.41, 5.74) is 7.14. The van der Waals surface area contributed by atoms with Gasteiger partial charge in [-0.15, -0.1) is 22.7 Å². The van der Waals surface area contributed by atoms with E-state index in [9.17, 15) is 0 Å². The van der Waals surface area contributed by atoms with E-state index in [0.29, 0.717) is 17.5 Å². The predicted molar refractivity (Wildman–Crippen MR) is 228 cm³/mol. The van der Waals surface area contributed by atoms with Crippen LogP contribution in [0.3, 0.4) is 0 Å². The molecule has 0 saturated heterocycles. The molecule has 4 aromatic heterocycles. The van der Waals surface area contributed by atoms with Crippen LogP contribution in [0.15, 0.2) is 170 Å². The smallest absolute Gasteiger partial charge is 0.165 e. The standard InChI is InChI=1S/C48H28N4S2/c1-2-12-29(13-3-1)32-14-10-15-33(28-32)46-50-45(51-47(52-46)39-21-11-20-37-34-16-6-8-22-40(34)53-44(37)39)31-26-24-30(25-27-31)43-36-18-5-4-17-35(36)42-38-19-7-9-23-41(38)54-48(42)49-43/h1-28H. The normalized spacial score (nSPS) is 11.7. The summed E-state index contributed by atoms with van der Waals surface area (Å²) in [7, 11) is 0. The van der Waals surface area contributed by atoms with Gasteiger partial charge in [0.25, 0.3) is 0 Å². The molecular formula is C48H28N4S2. The van der Waals surface area contributed by atoms with Gasteiger partial charge in [0.05, 0.1) is 5.69 Å². The Kier molecular flexibility index (Phi) is 7.18. The highest BCUT2D eigenvalue weighted by Crippen LogP contribution is 2.42. The molecule has 0 aliphatic rings. The second-order valence-corrected chi connectivity index (χ2v) is 15.5. The molecule has 0 unspecified atom stereocenters. The molecule has 7 aromatic carbocycles. The Morgan fingerprint density at radius 1 is 0.333 bits per heavy atom. The lowest BCUT2D eigenvalue weighted by Crippen LogP contribution is -2.00. The molecule has 0 bridgehead atoms. The van der Waals surface area contributed by atoms with Gasteiger partial charge in [0.15, 0.2) is 17.5 Å². The molecule has 4 nitrogen and oxygen atoms in total. The van der Waals surface area contributed by atoms with E-state index < -0.39 is 0 Å². The SMILES string of the molecule is c1ccc(-c2cccc(-c3nc(-c4ccc(-c5nc6sc7ccccc7c6c6ccccc56)cc4)nc(-c4cccc5c4sc4ccccc45)n3)c2)cc1. The van der Waals surface area contributed by atoms with E-state index in [1.807, 2.05) is 6.07 Å². The molecule has 0 saturated carbocycles. The van der Waals surface area contributed by atoms with E-state index in [1.165, 1.54) is 41.0 Å². The van der Waals surface area contributed by atoms with E-state index in [0.717, 1.165) is 49.3 Å². The van der Waals surface area contributed by atoms with Gasteiger partial charge in [-0.05, 0) is 40.8 Å². The molecule has 0 radical (unpaired) electrons. The number of hydrogen-bond acceptors (Lipinski definition) is 6. The molecule has 0 aliphatic heterocycles. The van der Waals surface area contributed by atoms with E-state index >= 15 is 0 Å². The molecule has 0 fully saturated rings. The average molecular weight is 725 g/mol. The molecule has 11 rings (SSSR count). The van der Waals surface area contributed by atoms with Gasteiger partial charge in [-0.25, -0.2) is 19.9 Å². The Bertz CT molecular complexity index is 3220. The lowest BCUT2D eigenvalue weighted by atomic mass is 10.00. The zero-order chi connectivity index (χ0) is 35.6. The maximum atomic E-state index is 5.28. The van der Waals surface area contributed by atoms with Crippen molar-refractivity contribution in [2.75, 3.05) is 0 Å². The van der Waals surface area contributed by atoms with Crippen molar-refractivity contribution in [3.8, 4) is 56.5 Å². The first kappa shape index (κ1) is 31.0. The minimum atomic E-state index is 0.627. The summed E-state index contributed by atoms with van der Waals surface area (Å²) in [4.78, 5) is 21.8. The largest absolute Gasteiger partial charge is 0.236 e. The lowest BCUT2D eigenvalue weighted by Gasteiger charge is -2.11. The molecule has 0 amide bonds. The van der Waals surface area contributed by atoms with Crippen molar-refractivity contribution in [3.63, 3.8) is 0 Å². The van der Waals surface area contributed by atoms with E-state index in [-0.39, 0.29) is 0 Å². The van der Waals surface area contributed by atoms with Crippen molar-refractivity contribution in [1.82, 2.24) is 19.9 Å². The molecule has 0 aliphatic carbocycles. The topological polar surface area (TPSA) is 51.6 Å². The first-order valence-corrected chi connectivity index (χ1v) is 19.5. The predicted octanol–water partition coefficient (Wildman–Crippen LogP) is 13.5. The Balaban J connectivity index is 1.07. The molecule has 0 N–H and O–H groups in total. The number of aromatic nitrogens is 4. The van der Waals surface area contributed by atoms with Crippen LogP contribution in [0.5, 0.6) is 0 Å². The fourth-order valence-corrected chi connectivity index (χ4v) is 9.89. The summed E-state index contributed by atoms with van der Waals surface area (Å²) < 4.78 is 3.67. The molecule has 6 heteroatoms. The minimum absolute atomic E-state index is 0.627. The van der Waals surface area contributed by atoms with Gasteiger partial charge in [0.2, 0.25) is 0 Å². The van der Waals surface area contributed by atoms with Gasteiger partial charge < -0.3 is 0 Å². The van der Waals surface area contributed by atoms with Crippen LogP contribution in [0.1, 0.15) is 0 Å². The molecule has 4 heterocycles. The van der Waals surface area contributed by atoms with Gasteiger partial charge in [-0.1, -0.05) is 146 Å². The average Bonchev–Trinajstić information content (AvgIpc) is 3.82. The number of rotatable bonds is 5. The van der Waals surface area contributed by atoms with Gasteiger partial charge >= 0.3 is 0 Å². The minimum Gasteiger partial charge on any atom is -0.236 e. The van der Waals surface area contributed by atoms with Crippen molar-refractivity contribution < 1.29 is 0 Å². The molecule has 11 aromatic rings. The summed E-state index contributed by atoms with van der Waals surface area (Å²) >= 11 is 3.53. The van der Waals surface area contributed by atoms with Crippen molar-refractivity contribution in [2.45, 2.75) is 0 Å². The quantitative estimate of drug-likeness (QED) is 0.177. The van der Waals surface area contributed by atoms with E-state index in [1.54, 1.807) is 22.7 Å². The fourth-order valence-electron chi connectivity index (χ4n) is 7.58. The number of hydrogen-bond donors (Lipinski definition) is 0. The highest BCUT2D eigenvalue weighted by atomic mass is 32.1. The third-order valence-corrected chi connectivity index (χ3v) is 12.5. The first-order valence-electron chi connectivity index (χ1n) is 17.9. The van der Waals surface area contributed by atoms with Crippen molar-refractivity contribution in [2.24, 2.45) is 0 Å². The zero-order valence-corrected chi connectivity index (χ0v) is 30.4. The first-order chi connectivity index (χ1) is 26.7. The number of nitrogens with zero attached hydrogens (tertiary/aromatic N) is 4. The Morgan fingerprint density at radius 2 is 0.907 bits per heavy atom. The number of thiophene rings is 2. The highest BCUT2D eigenvalue weighted by Gasteiger charge is 2.18. The van der Waals surface area contributed by atoms with Crippen LogP contribution in [0.2, 0.25) is 0 Å². The highest BCUT2D eigenvalue weighted by molar-refractivity contribution is 7.26.